The molecule has 0 aromatic rings. The van der Waals surface area contributed by atoms with Gasteiger partial charge >= 0.3 is 0 Å². The quantitative estimate of drug-likeness (QED) is 0.411. The predicted molar refractivity (Wildman–Crippen MR) is 98.7 cm³/mol. The highest BCUT2D eigenvalue weighted by molar-refractivity contribution is 4.99. The van der Waals surface area contributed by atoms with Crippen LogP contribution in [-0.2, 0) is 0 Å². The Balaban J connectivity index is 5.25. The Labute approximate surface area is 136 Å². The van der Waals surface area contributed by atoms with E-state index in [0.717, 1.165) is 17.8 Å². The number of unbranched alkanes of at least 4 members (excludes halogenated alkanes) is 1. The second kappa shape index (κ2) is 7.51. The van der Waals surface area contributed by atoms with Gasteiger partial charge in [0.2, 0.25) is 0 Å². The highest BCUT2D eigenvalue weighted by Gasteiger charge is 2.50. The van der Waals surface area contributed by atoms with Crippen LogP contribution < -0.4 is 0 Å². The van der Waals surface area contributed by atoms with E-state index in [2.05, 4.69) is 76.2 Å². The minimum absolute atomic E-state index is 0.333. The summed E-state index contributed by atoms with van der Waals surface area (Å²) in [7, 11) is 0. The SMILES string of the molecule is CCCCC(C)(C)C(C)(C)C(C)(C)C(C)C(C)CC(C)C. The standard InChI is InChI=1S/C21H44/c1-12-13-14-19(6,7)21(10,11)20(8,9)18(5)17(4)15-16(2)3/h16-18H,12-15H2,1-11H3. The first-order valence-electron chi connectivity index (χ1n) is 9.31. The van der Waals surface area contributed by atoms with Crippen molar-refractivity contribution in [3.63, 3.8) is 0 Å². The molecule has 0 heteroatoms. The van der Waals surface area contributed by atoms with E-state index in [1.54, 1.807) is 0 Å². The Hall–Kier alpha value is 0. The fourth-order valence-electron chi connectivity index (χ4n) is 4.03. The molecule has 0 bridgehead atoms. The minimum Gasteiger partial charge on any atom is -0.0654 e. The first-order chi connectivity index (χ1) is 9.31. The largest absolute Gasteiger partial charge is 0.0654 e. The third-order valence-electron chi connectivity index (χ3n) is 7.29. The highest BCUT2D eigenvalue weighted by atomic mass is 14.5. The van der Waals surface area contributed by atoms with Crippen LogP contribution >= 0.6 is 0 Å². The average molecular weight is 297 g/mol. The lowest BCUT2D eigenvalue weighted by atomic mass is 9.49. The first-order valence-corrected chi connectivity index (χ1v) is 9.31. The lowest BCUT2D eigenvalue weighted by Gasteiger charge is -2.56. The topological polar surface area (TPSA) is 0 Å². The minimum atomic E-state index is 0.333. The molecule has 0 fully saturated rings. The van der Waals surface area contributed by atoms with Crippen LogP contribution in [0.4, 0.5) is 0 Å². The maximum Gasteiger partial charge on any atom is -0.0249 e. The molecule has 0 amide bonds. The van der Waals surface area contributed by atoms with E-state index in [1.807, 2.05) is 0 Å². The van der Waals surface area contributed by atoms with Gasteiger partial charge in [-0.1, -0.05) is 89.0 Å². The molecular formula is C21H44. The molecule has 128 valence electrons. The van der Waals surface area contributed by atoms with Gasteiger partial charge in [0.25, 0.3) is 0 Å². The molecule has 0 saturated carbocycles. The van der Waals surface area contributed by atoms with Gasteiger partial charge in [-0.05, 0) is 46.8 Å². The van der Waals surface area contributed by atoms with Gasteiger partial charge in [0.15, 0.2) is 0 Å². The van der Waals surface area contributed by atoms with Gasteiger partial charge in [-0.15, -0.1) is 0 Å². The van der Waals surface area contributed by atoms with Gasteiger partial charge < -0.3 is 0 Å². The summed E-state index contributed by atoms with van der Waals surface area (Å²) in [6.07, 6.45) is 5.34. The van der Waals surface area contributed by atoms with Crippen molar-refractivity contribution < 1.29 is 0 Å². The number of rotatable bonds is 9. The molecule has 0 saturated heterocycles. The van der Waals surface area contributed by atoms with Crippen molar-refractivity contribution >= 4 is 0 Å². The third-order valence-corrected chi connectivity index (χ3v) is 7.29. The Morgan fingerprint density at radius 2 is 1.29 bits per heavy atom. The second-order valence-corrected chi connectivity index (χ2v) is 9.73. The van der Waals surface area contributed by atoms with Gasteiger partial charge in [-0.2, -0.15) is 0 Å². The van der Waals surface area contributed by atoms with Gasteiger partial charge in [0, 0.05) is 0 Å². The van der Waals surface area contributed by atoms with E-state index in [4.69, 9.17) is 0 Å². The monoisotopic (exact) mass is 296 g/mol. The van der Waals surface area contributed by atoms with Gasteiger partial charge in [-0.3, -0.25) is 0 Å². The Morgan fingerprint density at radius 1 is 0.810 bits per heavy atom. The molecule has 0 aliphatic rings. The van der Waals surface area contributed by atoms with Crippen LogP contribution in [0, 0.1) is 34.0 Å². The summed E-state index contributed by atoms with van der Waals surface area (Å²) in [5, 5.41) is 0. The molecule has 0 aliphatic heterocycles. The molecule has 2 unspecified atom stereocenters. The zero-order valence-corrected chi connectivity index (χ0v) is 17.1. The van der Waals surface area contributed by atoms with Gasteiger partial charge in [-0.25, -0.2) is 0 Å². The van der Waals surface area contributed by atoms with Gasteiger partial charge in [0.1, 0.15) is 0 Å². The zero-order chi connectivity index (χ0) is 17.1. The molecule has 0 rings (SSSR count). The van der Waals surface area contributed by atoms with Crippen LogP contribution in [0.5, 0.6) is 0 Å². The molecule has 2 atom stereocenters. The maximum atomic E-state index is 2.52. The summed E-state index contributed by atoms with van der Waals surface area (Å²) in [6.45, 7) is 27.0. The van der Waals surface area contributed by atoms with E-state index in [1.165, 1.54) is 25.7 Å². The summed E-state index contributed by atoms with van der Waals surface area (Å²) in [5.74, 6) is 2.34. The number of hydrogen-bond donors (Lipinski definition) is 0. The van der Waals surface area contributed by atoms with Gasteiger partial charge in [0.05, 0.1) is 0 Å². The average Bonchev–Trinajstić information content (AvgIpc) is 2.33. The lowest BCUT2D eigenvalue weighted by molar-refractivity contribution is -0.0735. The third kappa shape index (κ3) is 4.73. The zero-order valence-electron chi connectivity index (χ0n) is 17.1. The van der Waals surface area contributed by atoms with E-state index >= 15 is 0 Å². The smallest absolute Gasteiger partial charge is 0.0249 e. The van der Waals surface area contributed by atoms with Crippen molar-refractivity contribution in [1.29, 1.82) is 0 Å². The van der Waals surface area contributed by atoms with Crippen molar-refractivity contribution in [2.75, 3.05) is 0 Å². The summed E-state index contributed by atoms with van der Waals surface area (Å²) < 4.78 is 0. The van der Waals surface area contributed by atoms with Crippen LogP contribution in [0.1, 0.15) is 102 Å². The molecule has 0 nitrogen and oxygen atoms in total. The summed E-state index contributed by atoms with van der Waals surface area (Å²) >= 11 is 0. The van der Waals surface area contributed by atoms with E-state index < -0.39 is 0 Å². The van der Waals surface area contributed by atoms with Crippen LogP contribution in [0.3, 0.4) is 0 Å². The molecule has 0 heterocycles. The molecule has 21 heavy (non-hydrogen) atoms. The molecular weight excluding hydrogens is 252 g/mol. The second-order valence-electron chi connectivity index (χ2n) is 9.73. The molecule has 0 aromatic carbocycles. The molecule has 0 radical (unpaired) electrons. The Morgan fingerprint density at radius 3 is 1.67 bits per heavy atom. The Bertz CT molecular complexity index is 293. The van der Waals surface area contributed by atoms with Crippen LogP contribution in [0.2, 0.25) is 0 Å². The number of hydrogen-bond acceptors (Lipinski definition) is 0. The summed E-state index contributed by atoms with van der Waals surface area (Å²) in [6, 6.07) is 0. The summed E-state index contributed by atoms with van der Waals surface area (Å²) in [5.41, 5.74) is 1.07. The normalized spacial score (nSPS) is 17.1. The molecule has 0 spiro atoms. The highest BCUT2D eigenvalue weighted by Crippen LogP contribution is 2.58. The molecule has 0 aliphatic carbocycles. The lowest BCUT2D eigenvalue weighted by Crippen LogP contribution is -2.49. The maximum absolute atomic E-state index is 2.52. The molecule has 0 N–H and O–H groups in total. The predicted octanol–water partition coefficient (Wildman–Crippen LogP) is 7.57. The van der Waals surface area contributed by atoms with Crippen molar-refractivity contribution in [3.8, 4) is 0 Å². The first kappa shape index (κ1) is 21.0. The van der Waals surface area contributed by atoms with Crippen LogP contribution in [-0.4, -0.2) is 0 Å². The fraction of sp³-hybridized carbons (Fsp3) is 1.00. The Kier molecular flexibility index (Phi) is 7.51. The molecule has 0 aromatic heterocycles. The van der Waals surface area contributed by atoms with Crippen molar-refractivity contribution in [1.82, 2.24) is 0 Å². The summed E-state index contributed by atoms with van der Waals surface area (Å²) in [4.78, 5) is 0. The van der Waals surface area contributed by atoms with Crippen molar-refractivity contribution in [3.05, 3.63) is 0 Å². The van der Waals surface area contributed by atoms with Crippen molar-refractivity contribution in [2.24, 2.45) is 34.0 Å². The van der Waals surface area contributed by atoms with E-state index in [-0.39, 0.29) is 0 Å². The van der Waals surface area contributed by atoms with Crippen LogP contribution in [0.15, 0.2) is 0 Å². The van der Waals surface area contributed by atoms with E-state index in [9.17, 15) is 0 Å². The van der Waals surface area contributed by atoms with E-state index in [0.29, 0.717) is 16.2 Å². The van der Waals surface area contributed by atoms with Crippen LogP contribution in [0.25, 0.3) is 0 Å². The fourth-order valence-corrected chi connectivity index (χ4v) is 4.03. The van der Waals surface area contributed by atoms with Crippen molar-refractivity contribution in [2.45, 2.75) is 102 Å².